The van der Waals surface area contributed by atoms with Gasteiger partial charge < -0.3 is 14.7 Å². The Morgan fingerprint density at radius 1 is 0.882 bits per heavy atom. The van der Waals surface area contributed by atoms with Gasteiger partial charge in [0.1, 0.15) is 12.4 Å². The van der Waals surface area contributed by atoms with Crippen LogP contribution in [0.25, 0.3) is 0 Å². The highest BCUT2D eigenvalue weighted by Crippen LogP contribution is 2.30. The van der Waals surface area contributed by atoms with E-state index in [2.05, 4.69) is 9.80 Å². The molecule has 1 aliphatic heterocycles. The second kappa shape index (κ2) is 13.4. The number of aliphatic carboxylic acids is 1. The van der Waals surface area contributed by atoms with Crippen molar-refractivity contribution >= 4 is 42.3 Å². The smallest absolute Gasteiger partial charge is 0.416 e. The van der Waals surface area contributed by atoms with E-state index in [9.17, 15) is 22.8 Å². The van der Waals surface area contributed by atoms with E-state index in [4.69, 9.17) is 9.84 Å². The Bertz CT molecular complexity index is 917. The van der Waals surface area contributed by atoms with E-state index < -0.39 is 17.7 Å². The van der Waals surface area contributed by atoms with E-state index in [0.29, 0.717) is 24.5 Å². The summed E-state index contributed by atoms with van der Waals surface area (Å²) in [6.07, 6.45) is -4.55. The third kappa shape index (κ3) is 8.70. The summed E-state index contributed by atoms with van der Waals surface area (Å²) in [5.74, 6) is -0.591. The first-order chi connectivity index (χ1) is 15.2. The molecule has 6 nitrogen and oxygen atoms in total. The van der Waals surface area contributed by atoms with Gasteiger partial charge in [-0.2, -0.15) is 13.2 Å². The van der Waals surface area contributed by atoms with Crippen molar-refractivity contribution in [3.8, 4) is 5.75 Å². The second-order valence-corrected chi connectivity index (χ2v) is 7.56. The standard InChI is InChI=1S/C23H25F3N2O4.2ClH/c24-23(25,26)18-3-5-19(6-4-18)28-13-11-27(12-14-28)15-16-32-20-7-1-17(2-8-20)21(29)9-10-22(30)31;;/h1-8H,9-16H2,(H,30,31);2*1H. The molecule has 0 radical (unpaired) electrons. The van der Waals surface area contributed by atoms with Crippen LogP contribution in [-0.4, -0.2) is 61.1 Å². The van der Waals surface area contributed by atoms with Crippen molar-refractivity contribution in [3.05, 3.63) is 59.7 Å². The summed E-state index contributed by atoms with van der Waals surface area (Å²) >= 11 is 0. The fraction of sp³-hybridized carbons (Fsp3) is 0.391. The predicted octanol–water partition coefficient (Wildman–Crippen LogP) is 4.80. The number of halogens is 5. The average molecular weight is 523 g/mol. The molecule has 2 aromatic rings. The highest BCUT2D eigenvalue weighted by molar-refractivity contribution is 5.97. The van der Waals surface area contributed by atoms with Crippen molar-refractivity contribution in [2.75, 3.05) is 44.2 Å². The Balaban J connectivity index is 0.00000289. The van der Waals surface area contributed by atoms with Crippen molar-refractivity contribution in [3.63, 3.8) is 0 Å². The maximum atomic E-state index is 12.7. The third-order valence-corrected chi connectivity index (χ3v) is 5.35. The lowest BCUT2D eigenvalue weighted by molar-refractivity contribution is -0.138. The molecular formula is C23H27Cl2F3N2O4. The second-order valence-electron chi connectivity index (χ2n) is 7.56. The van der Waals surface area contributed by atoms with Gasteiger partial charge in [0.2, 0.25) is 0 Å². The predicted molar refractivity (Wildman–Crippen MR) is 128 cm³/mol. The van der Waals surface area contributed by atoms with Crippen molar-refractivity contribution in [1.29, 1.82) is 0 Å². The maximum absolute atomic E-state index is 12.7. The van der Waals surface area contributed by atoms with Crippen LogP contribution in [-0.2, 0) is 11.0 Å². The van der Waals surface area contributed by atoms with Gasteiger partial charge in [-0.15, -0.1) is 24.8 Å². The number of hydrogen-bond acceptors (Lipinski definition) is 5. The Kier molecular flexibility index (Phi) is 11.7. The normalized spacial score (nSPS) is 14.0. The molecule has 0 saturated carbocycles. The number of nitrogens with zero attached hydrogens (tertiary/aromatic N) is 2. The molecule has 0 atom stereocenters. The minimum Gasteiger partial charge on any atom is -0.492 e. The molecule has 34 heavy (non-hydrogen) atoms. The molecule has 188 valence electrons. The zero-order valence-corrected chi connectivity index (χ0v) is 19.9. The SMILES string of the molecule is Cl.Cl.O=C(O)CCC(=O)c1ccc(OCCN2CCN(c3ccc(C(F)(F)F)cc3)CC2)cc1. The van der Waals surface area contributed by atoms with Gasteiger partial charge in [-0.25, -0.2) is 0 Å². The first-order valence-electron chi connectivity index (χ1n) is 10.3. The van der Waals surface area contributed by atoms with Crippen LogP contribution in [0.5, 0.6) is 5.75 Å². The van der Waals surface area contributed by atoms with E-state index in [1.165, 1.54) is 12.1 Å². The summed E-state index contributed by atoms with van der Waals surface area (Å²) in [7, 11) is 0. The number of Topliss-reactive ketones (excluding diaryl/α,β-unsaturated/α-hetero) is 1. The molecule has 0 amide bonds. The lowest BCUT2D eigenvalue weighted by atomic mass is 10.1. The molecule has 3 rings (SSSR count). The number of carboxylic acid groups (broad SMARTS) is 1. The Morgan fingerprint density at radius 3 is 2.00 bits per heavy atom. The fourth-order valence-corrected chi connectivity index (χ4v) is 3.49. The Morgan fingerprint density at radius 2 is 1.47 bits per heavy atom. The van der Waals surface area contributed by atoms with E-state index >= 15 is 0 Å². The average Bonchev–Trinajstić information content (AvgIpc) is 2.78. The van der Waals surface area contributed by atoms with E-state index in [1.54, 1.807) is 24.3 Å². The van der Waals surface area contributed by atoms with Crippen LogP contribution < -0.4 is 9.64 Å². The van der Waals surface area contributed by atoms with Gasteiger partial charge in [-0.1, -0.05) is 0 Å². The summed E-state index contributed by atoms with van der Waals surface area (Å²) in [6, 6.07) is 11.9. The Labute approximate surface area is 208 Å². The van der Waals surface area contributed by atoms with Gasteiger partial charge in [-0.3, -0.25) is 14.5 Å². The first-order valence-corrected chi connectivity index (χ1v) is 10.3. The molecule has 1 fully saturated rings. The van der Waals surface area contributed by atoms with Crippen molar-refractivity contribution < 1.29 is 32.6 Å². The van der Waals surface area contributed by atoms with Gasteiger partial charge in [0, 0.05) is 50.4 Å². The number of carboxylic acids is 1. The molecule has 1 aliphatic rings. The van der Waals surface area contributed by atoms with Crippen LogP contribution >= 0.6 is 24.8 Å². The third-order valence-electron chi connectivity index (χ3n) is 5.35. The Hall–Kier alpha value is -2.49. The van der Waals surface area contributed by atoms with Crippen molar-refractivity contribution in [2.24, 2.45) is 0 Å². The van der Waals surface area contributed by atoms with Gasteiger partial charge in [0.05, 0.1) is 12.0 Å². The number of anilines is 1. The molecule has 0 spiro atoms. The molecule has 0 unspecified atom stereocenters. The summed E-state index contributed by atoms with van der Waals surface area (Å²) in [4.78, 5) is 26.8. The van der Waals surface area contributed by atoms with Gasteiger partial charge in [0.25, 0.3) is 0 Å². The summed E-state index contributed by atoms with van der Waals surface area (Å²) in [5, 5.41) is 8.65. The van der Waals surface area contributed by atoms with Crippen LogP contribution in [0.2, 0.25) is 0 Å². The number of ether oxygens (including phenoxy) is 1. The zero-order chi connectivity index (χ0) is 23.1. The number of ketones is 1. The lowest BCUT2D eigenvalue weighted by Gasteiger charge is -2.36. The zero-order valence-electron chi connectivity index (χ0n) is 18.3. The number of hydrogen-bond donors (Lipinski definition) is 1. The van der Waals surface area contributed by atoms with E-state index in [1.807, 2.05) is 0 Å². The molecule has 0 aliphatic carbocycles. The molecule has 1 saturated heterocycles. The highest BCUT2D eigenvalue weighted by Gasteiger charge is 2.30. The number of piperazine rings is 1. The number of rotatable bonds is 9. The minimum atomic E-state index is -4.33. The molecule has 11 heteroatoms. The quantitative estimate of drug-likeness (QED) is 0.477. The summed E-state index contributed by atoms with van der Waals surface area (Å²) < 4.78 is 43.8. The number of benzene rings is 2. The van der Waals surface area contributed by atoms with Crippen LogP contribution in [0.15, 0.2) is 48.5 Å². The van der Waals surface area contributed by atoms with Crippen LogP contribution in [0.1, 0.15) is 28.8 Å². The lowest BCUT2D eigenvalue weighted by Crippen LogP contribution is -2.47. The number of carbonyl (C=O) groups is 2. The molecule has 1 N–H and O–H groups in total. The van der Waals surface area contributed by atoms with Crippen molar-refractivity contribution in [2.45, 2.75) is 19.0 Å². The monoisotopic (exact) mass is 522 g/mol. The van der Waals surface area contributed by atoms with Crippen molar-refractivity contribution in [1.82, 2.24) is 4.90 Å². The first kappa shape index (κ1) is 29.5. The van der Waals surface area contributed by atoms with Crippen LogP contribution in [0.3, 0.4) is 0 Å². The van der Waals surface area contributed by atoms with Crippen LogP contribution in [0, 0.1) is 0 Å². The molecule has 0 bridgehead atoms. The summed E-state index contributed by atoms with van der Waals surface area (Å²) in [5.41, 5.74) is 0.597. The molecule has 0 aromatic heterocycles. The maximum Gasteiger partial charge on any atom is 0.416 e. The van der Waals surface area contributed by atoms with E-state index in [-0.39, 0.29) is 43.4 Å². The molecule has 2 aromatic carbocycles. The number of alkyl halides is 3. The highest BCUT2D eigenvalue weighted by atomic mass is 35.5. The minimum absolute atomic E-state index is 0. The molecular weight excluding hydrogens is 496 g/mol. The molecule has 1 heterocycles. The van der Waals surface area contributed by atoms with Gasteiger partial charge >= 0.3 is 12.1 Å². The van der Waals surface area contributed by atoms with Gasteiger partial charge in [0.15, 0.2) is 5.78 Å². The van der Waals surface area contributed by atoms with Crippen LogP contribution in [0.4, 0.5) is 18.9 Å². The van der Waals surface area contributed by atoms with Gasteiger partial charge in [-0.05, 0) is 48.5 Å². The topological polar surface area (TPSA) is 70.1 Å². The fourth-order valence-electron chi connectivity index (χ4n) is 3.49. The summed E-state index contributed by atoms with van der Waals surface area (Å²) in [6.45, 7) is 4.17. The number of carbonyl (C=O) groups excluding carboxylic acids is 1. The largest absolute Gasteiger partial charge is 0.492 e. The van der Waals surface area contributed by atoms with E-state index in [0.717, 1.165) is 44.0 Å².